The fourth-order valence-corrected chi connectivity index (χ4v) is 5.37. The molecule has 2 aromatic rings. The Kier molecular flexibility index (Phi) is 12.5. The molecule has 0 aliphatic carbocycles. The number of amides is 2. The molecule has 0 radical (unpaired) electrons. The summed E-state index contributed by atoms with van der Waals surface area (Å²) in [6.45, 7) is 12.8. The van der Waals surface area contributed by atoms with Gasteiger partial charge in [0, 0.05) is 51.2 Å². The summed E-state index contributed by atoms with van der Waals surface area (Å²) in [5, 5.41) is 6.03. The van der Waals surface area contributed by atoms with E-state index in [1.54, 1.807) is 17.9 Å². The molecule has 0 bridgehead atoms. The van der Waals surface area contributed by atoms with Crippen molar-refractivity contribution in [1.82, 2.24) is 14.8 Å². The van der Waals surface area contributed by atoms with E-state index in [0.717, 1.165) is 18.9 Å². The minimum atomic E-state index is -4.52. The van der Waals surface area contributed by atoms with Gasteiger partial charge < -0.3 is 29.6 Å². The Bertz CT molecular complexity index is 1360. The number of carbonyl (C=O) groups is 2. The summed E-state index contributed by atoms with van der Waals surface area (Å²) in [6, 6.07) is 4.41. The SMILES string of the molecule is CCCCN(CCCNc1cc(=O)n(C2CCOCC2)cc1C(=O)N[C@H](C)c1cccc(C(F)(F)F)c1C)C(=O)OC(C)(C)C. The third-order valence-corrected chi connectivity index (χ3v) is 7.76. The number of halogens is 3. The molecule has 250 valence electrons. The van der Waals surface area contributed by atoms with Crippen LogP contribution in [0.25, 0.3) is 0 Å². The Hall–Kier alpha value is -3.54. The Balaban J connectivity index is 1.83. The molecule has 2 heterocycles. The Labute approximate surface area is 263 Å². The average Bonchev–Trinajstić information content (AvgIpc) is 2.95. The number of nitrogens with one attached hydrogen (secondary N) is 2. The number of pyridine rings is 1. The van der Waals surface area contributed by atoms with Gasteiger partial charge in [-0.1, -0.05) is 25.5 Å². The van der Waals surface area contributed by atoms with Crippen molar-refractivity contribution in [2.24, 2.45) is 0 Å². The van der Waals surface area contributed by atoms with E-state index in [2.05, 4.69) is 10.6 Å². The number of benzene rings is 1. The van der Waals surface area contributed by atoms with Crippen molar-refractivity contribution in [3.8, 4) is 0 Å². The zero-order valence-electron chi connectivity index (χ0n) is 27.2. The molecular weight excluding hydrogens is 589 g/mol. The van der Waals surface area contributed by atoms with Gasteiger partial charge in [-0.25, -0.2) is 4.79 Å². The van der Waals surface area contributed by atoms with Gasteiger partial charge >= 0.3 is 12.3 Å². The molecule has 2 N–H and O–H groups in total. The van der Waals surface area contributed by atoms with Gasteiger partial charge in [-0.3, -0.25) is 9.59 Å². The molecule has 0 saturated carbocycles. The summed E-state index contributed by atoms with van der Waals surface area (Å²) in [5.41, 5.74) is -0.753. The second-order valence-electron chi connectivity index (χ2n) is 12.5. The van der Waals surface area contributed by atoms with E-state index in [1.165, 1.54) is 29.8 Å². The van der Waals surface area contributed by atoms with Crippen molar-refractivity contribution >= 4 is 17.7 Å². The maximum absolute atomic E-state index is 13.7. The van der Waals surface area contributed by atoms with E-state index in [4.69, 9.17) is 9.47 Å². The first-order valence-corrected chi connectivity index (χ1v) is 15.7. The summed E-state index contributed by atoms with van der Waals surface area (Å²) in [7, 11) is 0. The second-order valence-corrected chi connectivity index (χ2v) is 12.5. The fraction of sp³-hybridized carbons (Fsp3) is 0.606. The van der Waals surface area contributed by atoms with Crippen LogP contribution in [-0.4, -0.2) is 59.9 Å². The lowest BCUT2D eigenvalue weighted by Crippen LogP contribution is -2.38. The first-order chi connectivity index (χ1) is 21.1. The molecule has 0 spiro atoms. The van der Waals surface area contributed by atoms with Gasteiger partial charge in [0.05, 0.1) is 22.9 Å². The molecule has 1 aliphatic heterocycles. The predicted octanol–water partition coefficient (Wildman–Crippen LogP) is 6.86. The van der Waals surface area contributed by atoms with E-state index in [-0.39, 0.29) is 22.7 Å². The molecule has 1 saturated heterocycles. The lowest BCUT2D eigenvalue weighted by molar-refractivity contribution is -0.138. The van der Waals surface area contributed by atoms with Crippen molar-refractivity contribution in [3.05, 3.63) is 63.1 Å². The van der Waals surface area contributed by atoms with Gasteiger partial charge in [-0.05, 0) is 77.5 Å². The Morgan fingerprint density at radius 1 is 1.13 bits per heavy atom. The zero-order chi connectivity index (χ0) is 33.4. The zero-order valence-corrected chi connectivity index (χ0v) is 27.2. The van der Waals surface area contributed by atoms with Crippen LogP contribution in [0, 0.1) is 6.92 Å². The maximum atomic E-state index is 13.7. The van der Waals surface area contributed by atoms with Gasteiger partial charge in [0.1, 0.15) is 5.60 Å². The molecule has 2 amide bonds. The molecule has 45 heavy (non-hydrogen) atoms. The lowest BCUT2D eigenvalue weighted by atomic mass is 9.97. The summed E-state index contributed by atoms with van der Waals surface area (Å²) >= 11 is 0. The molecule has 1 atom stereocenters. The van der Waals surface area contributed by atoms with Crippen molar-refractivity contribution < 1.29 is 32.2 Å². The molecule has 3 rings (SSSR count). The average molecular weight is 637 g/mol. The van der Waals surface area contributed by atoms with Gasteiger partial charge in [-0.2, -0.15) is 13.2 Å². The van der Waals surface area contributed by atoms with Crippen molar-refractivity contribution in [2.75, 3.05) is 38.2 Å². The number of ether oxygens (including phenoxy) is 2. The predicted molar refractivity (Wildman–Crippen MR) is 168 cm³/mol. The minimum Gasteiger partial charge on any atom is -0.444 e. The molecule has 1 fully saturated rings. The highest BCUT2D eigenvalue weighted by Gasteiger charge is 2.33. The smallest absolute Gasteiger partial charge is 0.416 e. The number of hydrogen-bond acceptors (Lipinski definition) is 6. The normalized spacial score (nSPS) is 15.0. The molecule has 0 unspecified atom stereocenters. The largest absolute Gasteiger partial charge is 0.444 e. The second kappa shape index (κ2) is 15.6. The summed E-state index contributed by atoms with van der Waals surface area (Å²) < 4.78 is 53.2. The van der Waals surface area contributed by atoms with E-state index >= 15 is 0 Å². The number of alkyl halides is 3. The standard InChI is InChI=1S/C33H47F3N4O5/c1-7-8-16-39(31(43)45-32(4,5)6)17-10-15-37-28-20-29(41)40(24-13-18-44-19-14-24)21-26(28)30(42)38-23(3)25-11-9-12-27(22(25)2)33(34,35)36/h9,11-12,20-21,23-24,37H,7-8,10,13-19H2,1-6H3,(H,38,42)/t23-/m1/s1. The van der Waals surface area contributed by atoms with Crippen LogP contribution in [0.5, 0.6) is 0 Å². The van der Waals surface area contributed by atoms with E-state index in [9.17, 15) is 27.6 Å². The third kappa shape index (κ3) is 10.2. The van der Waals surface area contributed by atoms with Crippen LogP contribution in [0.2, 0.25) is 0 Å². The van der Waals surface area contributed by atoms with Gasteiger partial charge in [0.25, 0.3) is 11.5 Å². The van der Waals surface area contributed by atoms with Crippen LogP contribution < -0.4 is 16.2 Å². The maximum Gasteiger partial charge on any atom is 0.416 e. The van der Waals surface area contributed by atoms with Crippen LogP contribution in [0.1, 0.15) is 106 Å². The van der Waals surface area contributed by atoms with Crippen LogP contribution in [0.3, 0.4) is 0 Å². The third-order valence-electron chi connectivity index (χ3n) is 7.76. The summed E-state index contributed by atoms with van der Waals surface area (Å²) in [4.78, 5) is 41.3. The van der Waals surface area contributed by atoms with E-state index in [0.29, 0.717) is 63.4 Å². The highest BCUT2D eigenvalue weighted by atomic mass is 19.4. The number of anilines is 1. The number of aromatic nitrogens is 1. The van der Waals surface area contributed by atoms with Crippen LogP contribution in [0.15, 0.2) is 35.3 Å². The van der Waals surface area contributed by atoms with Gasteiger partial charge in [-0.15, -0.1) is 0 Å². The van der Waals surface area contributed by atoms with Gasteiger partial charge in [0.15, 0.2) is 0 Å². The number of rotatable bonds is 12. The monoisotopic (exact) mass is 636 g/mol. The molecule has 1 aromatic heterocycles. The highest BCUT2D eigenvalue weighted by molar-refractivity contribution is 5.99. The molecular formula is C33H47F3N4O5. The fourth-order valence-electron chi connectivity index (χ4n) is 5.37. The van der Waals surface area contributed by atoms with E-state index in [1.807, 2.05) is 27.7 Å². The molecule has 12 heteroatoms. The number of carbonyl (C=O) groups excluding carboxylic acids is 2. The quantitative estimate of drug-likeness (QED) is 0.247. The topological polar surface area (TPSA) is 102 Å². The molecule has 1 aromatic carbocycles. The van der Waals surface area contributed by atoms with Crippen molar-refractivity contribution in [2.45, 2.75) is 97.5 Å². The first kappa shape index (κ1) is 35.9. The minimum absolute atomic E-state index is 0.0425. The van der Waals surface area contributed by atoms with Crippen LogP contribution in [-0.2, 0) is 15.7 Å². The number of hydrogen-bond donors (Lipinski definition) is 2. The van der Waals surface area contributed by atoms with Crippen molar-refractivity contribution in [1.29, 1.82) is 0 Å². The molecule has 9 nitrogen and oxygen atoms in total. The lowest BCUT2D eigenvalue weighted by Gasteiger charge is -2.27. The number of unbranched alkanes of at least 4 members (excludes halogenated alkanes) is 1. The highest BCUT2D eigenvalue weighted by Crippen LogP contribution is 2.34. The Morgan fingerprint density at radius 3 is 2.42 bits per heavy atom. The summed E-state index contributed by atoms with van der Waals surface area (Å²) in [6.07, 6.45) is 0.105. The van der Waals surface area contributed by atoms with Gasteiger partial charge in [0.2, 0.25) is 0 Å². The molecule has 1 aliphatic rings. The Morgan fingerprint density at radius 2 is 1.80 bits per heavy atom. The first-order valence-electron chi connectivity index (χ1n) is 15.7. The number of nitrogens with zero attached hydrogens (tertiary/aromatic N) is 2. The summed E-state index contributed by atoms with van der Waals surface area (Å²) in [5.74, 6) is -0.527. The van der Waals surface area contributed by atoms with E-state index < -0.39 is 35.4 Å². The van der Waals surface area contributed by atoms with Crippen LogP contribution >= 0.6 is 0 Å². The van der Waals surface area contributed by atoms with Crippen LogP contribution in [0.4, 0.5) is 23.7 Å². The van der Waals surface area contributed by atoms with Crippen molar-refractivity contribution in [3.63, 3.8) is 0 Å².